The van der Waals surface area contributed by atoms with Gasteiger partial charge < -0.3 is 5.73 Å². The van der Waals surface area contributed by atoms with Crippen molar-refractivity contribution in [2.45, 2.75) is 51.9 Å². The molecule has 0 saturated heterocycles. The van der Waals surface area contributed by atoms with Gasteiger partial charge in [-0.15, -0.1) is 0 Å². The maximum absolute atomic E-state index is 12.6. The quantitative estimate of drug-likeness (QED) is 0.823. The number of likely N-dealkylation sites (N-methyl/N-ethyl adjacent to an activating group) is 1. The molecule has 5 heteroatoms. The molecule has 0 radical (unpaired) electrons. The molecule has 0 aromatic heterocycles. The summed E-state index contributed by atoms with van der Waals surface area (Å²) >= 11 is 0. The average Bonchev–Trinajstić information content (AvgIpc) is 2.47. The monoisotopic (exact) mass is 302 g/mol. The van der Waals surface area contributed by atoms with E-state index in [0.717, 1.165) is 37.1 Å². The Hall–Kier alpha value is -1.07. The molecule has 2 N–H and O–H groups in total. The third-order valence-electron chi connectivity index (χ3n) is 4.40. The van der Waals surface area contributed by atoms with Gasteiger partial charge in [0.15, 0.2) is 0 Å². The highest BCUT2D eigenvalue weighted by Crippen LogP contribution is 2.30. The van der Waals surface area contributed by atoms with Gasteiger partial charge in [-0.1, -0.05) is 32.9 Å². The number of nitrogens with zero attached hydrogens (tertiary/aromatic N) is 1. The first kappa shape index (κ1) is 18.0. The van der Waals surface area contributed by atoms with Crippen LogP contribution in [0.5, 0.6) is 0 Å². The highest BCUT2D eigenvalue weighted by atomic mass is 19.4. The molecule has 1 aromatic carbocycles. The van der Waals surface area contributed by atoms with Crippen molar-refractivity contribution in [2.24, 2.45) is 5.73 Å². The summed E-state index contributed by atoms with van der Waals surface area (Å²) in [7, 11) is 0. The zero-order chi connectivity index (χ0) is 16.1. The van der Waals surface area contributed by atoms with Gasteiger partial charge in [-0.3, -0.25) is 4.90 Å². The largest absolute Gasteiger partial charge is 0.416 e. The summed E-state index contributed by atoms with van der Waals surface area (Å²) in [6.45, 7) is 8.25. The molecule has 0 saturated carbocycles. The summed E-state index contributed by atoms with van der Waals surface area (Å²) in [4.78, 5) is 2.26. The van der Waals surface area contributed by atoms with E-state index >= 15 is 0 Å². The molecule has 2 nitrogen and oxygen atoms in total. The van der Waals surface area contributed by atoms with Crippen molar-refractivity contribution in [3.63, 3.8) is 0 Å². The number of benzene rings is 1. The van der Waals surface area contributed by atoms with Crippen LogP contribution in [0.3, 0.4) is 0 Å². The predicted octanol–water partition coefficient (Wildman–Crippen LogP) is 4.04. The van der Waals surface area contributed by atoms with Gasteiger partial charge in [-0.25, -0.2) is 0 Å². The molecule has 0 bridgehead atoms. The SMILES string of the molecule is CCN(Cc1ccc(C(F)(F)F)cc1)C(CC)(CC)CN. The molecule has 0 aliphatic carbocycles. The Labute approximate surface area is 125 Å². The van der Waals surface area contributed by atoms with Crippen LogP contribution < -0.4 is 5.73 Å². The van der Waals surface area contributed by atoms with Crippen LogP contribution in [0, 0.1) is 0 Å². The Morgan fingerprint density at radius 3 is 1.86 bits per heavy atom. The van der Waals surface area contributed by atoms with E-state index in [-0.39, 0.29) is 5.54 Å². The van der Waals surface area contributed by atoms with Crippen molar-refractivity contribution in [1.29, 1.82) is 0 Å². The van der Waals surface area contributed by atoms with Gasteiger partial charge in [0.1, 0.15) is 0 Å². The fourth-order valence-corrected chi connectivity index (χ4v) is 2.75. The first-order valence-corrected chi connectivity index (χ1v) is 7.44. The Morgan fingerprint density at radius 1 is 1.00 bits per heavy atom. The first-order chi connectivity index (χ1) is 9.82. The fraction of sp³-hybridized carbons (Fsp3) is 0.625. The maximum atomic E-state index is 12.6. The van der Waals surface area contributed by atoms with Crippen LogP contribution in [-0.2, 0) is 12.7 Å². The smallest absolute Gasteiger partial charge is 0.329 e. The Bertz CT molecular complexity index is 414. The van der Waals surface area contributed by atoms with E-state index in [2.05, 4.69) is 25.7 Å². The molecule has 1 aromatic rings. The van der Waals surface area contributed by atoms with E-state index < -0.39 is 11.7 Å². The van der Waals surface area contributed by atoms with E-state index in [1.165, 1.54) is 0 Å². The van der Waals surface area contributed by atoms with Crippen molar-refractivity contribution >= 4 is 0 Å². The molecule has 0 amide bonds. The lowest BCUT2D eigenvalue weighted by molar-refractivity contribution is -0.137. The summed E-state index contributed by atoms with van der Waals surface area (Å²) in [5.41, 5.74) is 6.14. The fourth-order valence-electron chi connectivity index (χ4n) is 2.75. The van der Waals surface area contributed by atoms with E-state index in [1.807, 2.05) is 0 Å². The van der Waals surface area contributed by atoms with Crippen molar-refractivity contribution in [2.75, 3.05) is 13.1 Å². The van der Waals surface area contributed by atoms with Gasteiger partial charge in [0.25, 0.3) is 0 Å². The third-order valence-corrected chi connectivity index (χ3v) is 4.40. The molecule has 0 atom stereocenters. The molecule has 0 fully saturated rings. The van der Waals surface area contributed by atoms with Gasteiger partial charge >= 0.3 is 6.18 Å². The molecule has 0 aliphatic heterocycles. The first-order valence-electron chi connectivity index (χ1n) is 7.44. The third kappa shape index (κ3) is 4.20. The van der Waals surface area contributed by atoms with Crippen LogP contribution in [0.15, 0.2) is 24.3 Å². The Morgan fingerprint density at radius 2 is 1.52 bits per heavy atom. The Kier molecular flexibility index (Phi) is 6.23. The molecule has 120 valence electrons. The number of halogens is 3. The lowest BCUT2D eigenvalue weighted by atomic mass is 9.90. The van der Waals surface area contributed by atoms with Crippen molar-refractivity contribution in [1.82, 2.24) is 4.90 Å². The van der Waals surface area contributed by atoms with Crippen LogP contribution in [0.25, 0.3) is 0 Å². The minimum Gasteiger partial charge on any atom is -0.329 e. The summed E-state index contributed by atoms with van der Waals surface area (Å²) in [6.07, 6.45) is -2.43. The minimum absolute atomic E-state index is 0.0859. The molecule has 0 aliphatic rings. The molecular weight excluding hydrogens is 277 g/mol. The van der Waals surface area contributed by atoms with E-state index in [9.17, 15) is 13.2 Å². The second-order valence-electron chi connectivity index (χ2n) is 5.34. The Balaban J connectivity index is 2.92. The van der Waals surface area contributed by atoms with Crippen LogP contribution >= 0.6 is 0 Å². The van der Waals surface area contributed by atoms with Crippen LogP contribution in [0.1, 0.15) is 44.7 Å². The van der Waals surface area contributed by atoms with E-state index in [1.54, 1.807) is 12.1 Å². The van der Waals surface area contributed by atoms with Crippen LogP contribution in [0.2, 0.25) is 0 Å². The van der Waals surface area contributed by atoms with Gasteiger partial charge in [-0.2, -0.15) is 13.2 Å². The lowest BCUT2D eigenvalue weighted by Gasteiger charge is -2.42. The van der Waals surface area contributed by atoms with Gasteiger partial charge in [0.05, 0.1) is 5.56 Å². The second-order valence-corrected chi connectivity index (χ2v) is 5.34. The normalized spacial score (nSPS) is 13.0. The molecule has 21 heavy (non-hydrogen) atoms. The van der Waals surface area contributed by atoms with Gasteiger partial charge in [-0.05, 0) is 37.1 Å². The van der Waals surface area contributed by atoms with Gasteiger partial charge in [0.2, 0.25) is 0 Å². The average molecular weight is 302 g/mol. The molecule has 0 spiro atoms. The highest BCUT2D eigenvalue weighted by Gasteiger charge is 2.32. The number of hydrogen-bond acceptors (Lipinski definition) is 2. The number of alkyl halides is 3. The number of rotatable bonds is 7. The second kappa shape index (κ2) is 7.27. The summed E-state index contributed by atoms with van der Waals surface area (Å²) in [5, 5.41) is 0. The van der Waals surface area contributed by atoms with Crippen molar-refractivity contribution in [3.05, 3.63) is 35.4 Å². The predicted molar refractivity (Wildman–Crippen MR) is 79.9 cm³/mol. The van der Waals surface area contributed by atoms with Crippen molar-refractivity contribution < 1.29 is 13.2 Å². The molecule has 0 heterocycles. The van der Waals surface area contributed by atoms with Crippen LogP contribution in [-0.4, -0.2) is 23.5 Å². The molecular formula is C16H25F3N2. The zero-order valence-corrected chi connectivity index (χ0v) is 13.0. The zero-order valence-electron chi connectivity index (χ0n) is 13.0. The summed E-state index contributed by atoms with van der Waals surface area (Å²) in [6, 6.07) is 5.40. The number of hydrogen-bond donors (Lipinski definition) is 1. The van der Waals surface area contributed by atoms with E-state index in [4.69, 9.17) is 5.73 Å². The van der Waals surface area contributed by atoms with Crippen LogP contribution in [0.4, 0.5) is 13.2 Å². The lowest BCUT2D eigenvalue weighted by Crippen LogP contribution is -2.52. The topological polar surface area (TPSA) is 29.3 Å². The maximum Gasteiger partial charge on any atom is 0.416 e. The van der Waals surface area contributed by atoms with E-state index in [0.29, 0.717) is 13.1 Å². The number of nitrogens with two attached hydrogens (primary N) is 1. The summed E-state index contributed by atoms with van der Waals surface area (Å²) < 4.78 is 37.7. The summed E-state index contributed by atoms with van der Waals surface area (Å²) in [5.74, 6) is 0. The molecule has 1 rings (SSSR count). The van der Waals surface area contributed by atoms with Crippen molar-refractivity contribution in [3.8, 4) is 0 Å². The minimum atomic E-state index is -4.28. The van der Waals surface area contributed by atoms with Gasteiger partial charge in [0, 0.05) is 18.6 Å². The highest BCUT2D eigenvalue weighted by molar-refractivity contribution is 5.24. The molecule has 0 unspecified atom stereocenters. The standard InChI is InChI=1S/C16H25F3N2/c1-4-15(5-2,12-20)21(6-3)11-13-7-9-14(10-8-13)16(17,18)19/h7-10H,4-6,11-12,20H2,1-3H3.